The topological polar surface area (TPSA) is 57.6 Å². The Morgan fingerprint density at radius 2 is 2.11 bits per heavy atom. The maximum Gasteiger partial charge on any atom is 0.326 e. The predicted molar refractivity (Wildman–Crippen MR) is 75.2 cm³/mol. The number of carboxylic acid groups (broad SMARTS) is 1. The lowest BCUT2D eigenvalue weighted by atomic mass is 10.0. The molecule has 0 unspecified atom stereocenters. The monoisotopic (exact) mass is 279 g/mol. The molecule has 2 rings (SSSR count). The molecule has 19 heavy (non-hydrogen) atoms. The number of rotatable bonds is 3. The maximum atomic E-state index is 12.4. The molecule has 0 aromatic heterocycles. The summed E-state index contributed by atoms with van der Waals surface area (Å²) in [5, 5.41) is 8.71. The quantitative estimate of drug-likeness (QED) is 0.918. The van der Waals surface area contributed by atoms with Gasteiger partial charge in [0.1, 0.15) is 11.3 Å². The average molecular weight is 279 g/mol. The van der Waals surface area contributed by atoms with Crippen molar-refractivity contribution in [2.75, 3.05) is 12.8 Å². The van der Waals surface area contributed by atoms with Gasteiger partial charge in [-0.3, -0.25) is 4.79 Å². The van der Waals surface area contributed by atoms with Crippen molar-refractivity contribution >= 4 is 23.6 Å². The Morgan fingerprint density at radius 3 is 2.79 bits per heavy atom. The molecule has 1 aliphatic rings. The summed E-state index contributed by atoms with van der Waals surface area (Å²) in [6, 6.07) is 7.09. The minimum absolute atomic E-state index is 0.132. The van der Waals surface area contributed by atoms with Crippen molar-refractivity contribution in [2.24, 2.45) is 0 Å². The van der Waals surface area contributed by atoms with Crippen molar-refractivity contribution < 1.29 is 14.7 Å². The molecule has 0 fully saturated rings. The molecule has 2 atom stereocenters. The normalized spacial score (nSPS) is 19.4. The van der Waals surface area contributed by atoms with Crippen LogP contribution in [0.25, 0.3) is 0 Å². The van der Waals surface area contributed by atoms with Gasteiger partial charge in [0.05, 0.1) is 0 Å². The molecule has 1 amide bonds. The summed E-state index contributed by atoms with van der Waals surface area (Å²) in [6.45, 7) is 1.53. The first-order valence-corrected chi connectivity index (χ1v) is 7.26. The zero-order valence-corrected chi connectivity index (χ0v) is 11.8. The van der Waals surface area contributed by atoms with Crippen LogP contribution < -0.4 is 0 Å². The lowest BCUT2D eigenvalue weighted by Crippen LogP contribution is -2.42. The van der Waals surface area contributed by atoms with Crippen molar-refractivity contribution in [1.82, 2.24) is 4.90 Å². The molecular formula is C14H17NO3S. The number of benzene rings is 1. The van der Waals surface area contributed by atoms with Crippen LogP contribution in [0.5, 0.6) is 0 Å². The second-order valence-corrected chi connectivity index (χ2v) is 5.88. The van der Waals surface area contributed by atoms with E-state index in [4.69, 9.17) is 5.11 Å². The minimum atomic E-state index is -0.982. The number of aryl methyl sites for hydroxylation is 1. The molecule has 4 nitrogen and oxygen atoms in total. The summed E-state index contributed by atoms with van der Waals surface area (Å²) in [7, 11) is 1.55. The smallest absolute Gasteiger partial charge is 0.326 e. The molecule has 1 aliphatic heterocycles. The fraction of sp³-hybridized carbons (Fsp3) is 0.429. The molecule has 1 N–H and O–H groups in total. The Kier molecular flexibility index (Phi) is 4.14. The van der Waals surface area contributed by atoms with Gasteiger partial charge in [-0.05, 0) is 30.2 Å². The van der Waals surface area contributed by atoms with E-state index in [0.717, 1.165) is 17.7 Å². The number of nitrogens with zero attached hydrogens (tertiary/aromatic N) is 1. The molecule has 0 spiro atoms. The second kappa shape index (κ2) is 5.65. The molecular weight excluding hydrogens is 262 g/mol. The van der Waals surface area contributed by atoms with Gasteiger partial charge in [0, 0.05) is 7.05 Å². The fourth-order valence-corrected chi connectivity index (χ4v) is 3.43. The summed E-state index contributed by atoms with van der Waals surface area (Å²) < 4.78 is 0. The molecule has 0 saturated heterocycles. The highest BCUT2D eigenvalue weighted by Gasteiger charge is 2.32. The van der Waals surface area contributed by atoms with Crippen LogP contribution in [-0.2, 0) is 16.0 Å². The molecule has 1 aromatic carbocycles. The van der Waals surface area contributed by atoms with E-state index in [1.54, 1.807) is 18.8 Å². The van der Waals surface area contributed by atoms with Crippen LogP contribution in [0.2, 0.25) is 0 Å². The molecule has 0 saturated carbocycles. The van der Waals surface area contributed by atoms with Crippen LogP contribution in [0.15, 0.2) is 24.3 Å². The highest BCUT2D eigenvalue weighted by Crippen LogP contribution is 2.37. The van der Waals surface area contributed by atoms with Crippen LogP contribution in [0.3, 0.4) is 0 Å². The van der Waals surface area contributed by atoms with E-state index in [1.807, 2.05) is 24.3 Å². The summed E-state index contributed by atoms with van der Waals surface area (Å²) in [5.74, 6) is -0.222. The third kappa shape index (κ3) is 2.76. The van der Waals surface area contributed by atoms with Gasteiger partial charge in [0.2, 0.25) is 5.91 Å². The second-order valence-electron chi connectivity index (χ2n) is 4.66. The number of carbonyl (C=O) groups is 2. The predicted octanol–water partition coefficient (Wildman–Crippen LogP) is 1.95. The van der Waals surface area contributed by atoms with Gasteiger partial charge >= 0.3 is 5.97 Å². The highest BCUT2D eigenvalue weighted by atomic mass is 32.2. The van der Waals surface area contributed by atoms with Crippen molar-refractivity contribution in [3.8, 4) is 0 Å². The molecule has 1 heterocycles. The number of carboxylic acids is 1. The van der Waals surface area contributed by atoms with Gasteiger partial charge in [-0.2, -0.15) is 0 Å². The molecule has 1 aromatic rings. The van der Waals surface area contributed by atoms with E-state index in [9.17, 15) is 9.59 Å². The molecule has 5 heteroatoms. The van der Waals surface area contributed by atoms with Crippen molar-refractivity contribution in [1.29, 1.82) is 0 Å². The number of thioether (sulfide) groups is 1. The Labute approximate surface area is 116 Å². The van der Waals surface area contributed by atoms with Gasteiger partial charge in [0.25, 0.3) is 0 Å². The Hall–Kier alpha value is -1.49. The number of carbonyl (C=O) groups excluding carboxylic acids is 1. The molecule has 0 aliphatic carbocycles. The number of hydrogen-bond donors (Lipinski definition) is 1. The lowest BCUT2D eigenvalue weighted by Gasteiger charge is -2.30. The zero-order chi connectivity index (χ0) is 14.0. The largest absolute Gasteiger partial charge is 0.480 e. The Balaban J connectivity index is 2.24. The van der Waals surface area contributed by atoms with Crippen molar-refractivity contribution in [2.45, 2.75) is 24.6 Å². The standard InChI is InChI=1S/C14H17NO3S/c1-9(14(17)18)15(2)13(16)12-11-6-4-3-5-10(11)7-8-19-12/h3-6,9,12H,7-8H2,1-2H3,(H,17,18)/t9-,12+/m1/s1. The van der Waals surface area contributed by atoms with Gasteiger partial charge in [-0.1, -0.05) is 24.3 Å². The van der Waals surface area contributed by atoms with Crippen LogP contribution in [0.1, 0.15) is 23.3 Å². The first-order valence-electron chi connectivity index (χ1n) is 6.21. The summed E-state index contributed by atoms with van der Waals surface area (Å²) in [6.07, 6.45) is 0.961. The fourth-order valence-electron chi connectivity index (χ4n) is 2.14. The molecule has 0 bridgehead atoms. The number of amides is 1. The van der Waals surface area contributed by atoms with E-state index >= 15 is 0 Å². The van der Waals surface area contributed by atoms with Crippen LogP contribution in [0, 0.1) is 0 Å². The Bertz CT molecular complexity index is 503. The zero-order valence-electron chi connectivity index (χ0n) is 11.0. The number of aliphatic carboxylic acids is 1. The maximum absolute atomic E-state index is 12.4. The van der Waals surface area contributed by atoms with E-state index in [1.165, 1.54) is 17.4 Å². The van der Waals surface area contributed by atoms with Crippen molar-refractivity contribution in [3.05, 3.63) is 35.4 Å². The first kappa shape index (κ1) is 13.9. The third-order valence-corrected chi connectivity index (χ3v) is 4.73. The van der Waals surface area contributed by atoms with Gasteiger partial charge in [0.15, 0.2) is 0 Å². The van der Waals surface area contributed by atoms with Crippen LogP contribution >= 0.6 is 11.8 Å². The number of likely N-dealkylation sites (N-methyl/N-ethyl adjacent to an activating group) is 1. The van der Waals surface area contributed by atoms with Crippen LogP contribution in [-0.4, -0.2) is 40.7 Å². The summed E-state index contributed by atoms with van der Waals surface area (Å²) in [4.78, 5) is 24.7. The average Bonchev–Trinajstić information content (AvgIpc) is 2.44. The van der Waals surface area contributed by atoms with Gasteiger partial charge in [-0.25, -0.2) is 4.79 Å². The number of fused-ring (bicyclic) bond motifs is 1. The molecule has 102 valence electrons. The Morgan fingerprint density at radius 1 is 1.42 bits per heavy atom. The third-order valence-electron chi connectivity index (χ3n) is 3.50. The number of hydrogen-bond acceptors (Lipinski definition) is 3. The minimum Gasteiger partial charge on any atom is -0.480 e. The summed E-state index contributed by atoms with van der Waals surface area (Å²) in [5.41, 5.74) is 2.21. The van der Waals surface area contributed by atoms with E-state index in [-0.39, 0.29) is 11.2 Å². The van der Waals surface area contributed by atoms with Gasteiger partial charge in [-0.15, -0.1) is 11.8 Å². The highest BCUT2D eigenvalue weighted by molar-refractivity contribution is 8.00. The van der Waals surface area contributed by atoms with Crippen LogP contribution in [0.4, 0.5) is 0 Å². The van der Waals surface area contributed by atoms with Gasteiger partial charge < -0.3 is 10.0 Å². The van der Waals surface area contributed by atoms with E-state index in [0.29, 0.717) is 0 Å². The van der Waals surface area contributed by atoms with Crippen molar-refractivity contribution in [3.63, 3.8) is 0 Å². The van der Waals surface area contributed by atoms with E-state index in [2.05, 4.69) is 0 Å². The van der Waals surface area contributed by atoms with E-state index < -0.39 is 12.0 Å². The summed E-state index contributed by atoms with van der Waals surface area (Å²) >= 11 is 1.59. The molecule has 0 radical (unpaired) electrons. The lowest BCUT2D eigenvalue weighted by molar-refractivity contribution is -0.148. The SMILES string of the molecule is C[C@H](C(=O)O)N(C)C(=O)[C@H]1SCCc2ccccc21. The first-order chi connectivity index (χ1) is 9.02.